The first-order chi connectivity index (χ1) is 11.7. The lowest BCUT2D eigenvalue weighted by molar-refractivity contribution is -0.123. The fourth-order valence-corrected chi connectivity index (χ4v) is 3.11. The smallest absolute Gasteiger partial charge is 0.242 e. The van der Waals surface area contributed by atoms with Gasteiger partial charge in [-0.05, 0) is 7.05 Å². The molecule has 8 heteroatoms. The Labute approximate surface area is 143 Å². The van der Waals surface area contributed by atoms with Gasteiger partial charge < -0.3 is 10.6 Å². The Hall–Kier alpha value is -2.58. The van der Waals surface area contributed by atoms with Crippen LogP contribution in [0.2, 0.25) is 0 Å². The van der Waals surface area contributed by atoms with Crippen molar-refractivity contribution in [3.63, 3.8) is 0 Å². The van der Waals surface area contributed by atoms with E-state index in [0.717, 1.165) is 21.1 Å². The zero-order chi connectivity index (χ0) is 16.9. The van der Waals surface area contributed by atoms with E-state index in [0.29, 0.717) is 6.54 Å². The molecule has 0 saturated heterocycles. The Morgan fingerprint density at radius 2 is 2.08 bits per heavy atom. The molecule has 0 aliphatic heterocycles. The number of aromatic nitrogens is 4. The minimum Gasteiger partial charge on any atom is -0.348 e. The summed E-state index contributed by atoms with van der Waals surface area (Å²) in [4.78, 5) is 12.4. The van der Waals surface area contributed by atoms with Gasteiger partial charge in [0.1, 0.15) is 16.1 Å². The number of nitrogens with one attached hydrogen (secondary N) is 2. The third kappa shape index (κ3) is 3.66. The van der Waals surface area contributed by atoms with Crippen LogP contribution in [-0.2, 0) is 18.4 Å². The van der Waals surface area contributed by atoms with Gasteiger partial charge in [0.15, 0.2) is 0 Å². The summed E-state index contributed by atoms with van der Waals surface area (Å²) in [6.07, 6.45) is 3.50. The highest BCUT2D eigenvalue weighted by molar-refractivity contribution is 7.14. The molecule has 0 fully saturated rings. The minimum atomic E-state index is -0.444. The van der Waals surface area contributed by atoms with E-state index in [1.807, 2.05) is 43.6 Å². The number of benzene rings is 1. The van der Waals surface area contributed by atoms with Crippen LogP contribution in [0, 0.1) is 0 Å². The largest absolute Gasteiger partial charge is 0.348 e. The molecule has 2 heterocycles. The van der Waals surface area contributed by atoms with Gasteiger partial charge in [-0.15, -0.1) is 10.2 Å². The number of carbonyl (C=O) groups excluding carboxylic acids is 1. The molecule has 0 aliphatic rings. The fraction of sp³-hybridized carbons (Fsp3) is 0.250. The highest BCUT2D eigenvalue weighted by Crippen LogP contribution is 2.23. The molecule has 1 unspecified atom stereocenters. The molecule has 0 aliphatic carbocycles. The lowest BCUT2D eigenvalue weighted by Gasteiger charge is -2.13. The quantitative estimate of drug-likeness (QED) is 0.709. The number of amides is 1. The molecule has 1 atom stereocenters. The van der Waals surface area contributed by atoms with Crippen molar-refractivity contribution in [1.29, 1.82) is 0 Å². The van der Waals surface area contributed by atoms with Crippen LogP contribution >= 0.6 is 11.3 Å². The van der Waals surface area contributed by atoms with E-state index < -0.39 is 6.04 Å². The van der Waals surface area contributed by atoms with Crippen molar-refractivity contribution < 1.29 is 4.79 Å². The second-order valence-corrected chi connectivity index (χ2v) is 6.32. The standard InChI is InChI=1S/C16H18N6OS/c1-17-14(12-8-19-22(2)10-12)15(23)18-9-13-20-21-16(24-13)11-6-4-3-5-7-11/h3-8,10,14,17H,9H2,1-2H3,(H,18,23). The van der Waals surface area contributed by atoms with E-state index in [9.17, 15) is 4.79 Å². The number of carbonyl (C=O) groups is 1. The van der Waals surface area contributed by atoms with Crippen LogP contribution in [-0.4, -0.2) is 32.9 Å². The molecule has 0 bridgehead atoms. The van der Waals surface area contributed by atoms with Crippen LogP contribution < -0.4 is 10.6 Å². The van der Waals surface area contributed by atoms with Gasteiger partial charge in [-0.25, -0.2) is 0 Å². The summed E-state index contributed by atoms with van der Waals surface area (Å²) in [7, 11) is 3.57. The predicted molar refractivity (Wildman–Crippen MR) is 92.2 cm³/mol. The van der Waals surface area contributed by atoms with Gasteiger partial charge in [0.05, 0.1) is 12.7 Å². The van der Waals surface area contributed by atoms with Gasteiger partial charge in [-0.1, -0.05) is 41.7 Å². The molecule has 24 heavy (non-hydrogen) atoms. The molecule has 0 saturated carbocycles. The number of rotatable bonds is 6. The van der Waals surface area contributed by atoms with Gasteiger partial charge >= 0.3 is 0 Å². The third-order valence-corrected chi connectivity index (χ3v) is 4.48. The molecule has 3 rings (SSSR count). The first-order valence-corrected chi connectivity index (χ1v) is 8.30. The normalized spacial score (nSPS) is 12.1. The maximum Gasteiger partial charge on any atom is 0.242 e. The van der Waals surface area contributed by atoms with Crippen molar-refractivity contribution in [2.24, 2.45) is 7.05 Å². The first kappa shape index (κ1) is 16.3. The number of hydrogen-bond acceptors (Lipinski definition) is 6. The second-order valence-electron chi connectivity index (χ2n) is 5.25. The van der Waals surface area contributed by atoms with Crippen LogP contribution in [0.1, 0.15) is 16.6 Å². The summed E-state index contributed by atoms with van der Waals surface area (Å²) in [5.41, 5.74) is 1.84. The average Bonchev–Trinajstić information content (AvgIpc) is 3.24. The molecular formula is C16H18N6OS. The van der Waals surface area contributed by atoms with E-state index in [4.69, 9.17) is 0 Å². The molecule has 1 amide bonds. The maximum atomic E-state index is 12.4. The number of nitrogens with zero attached hydrogens (tertiary/aromatic N) is 4. The summed E-state index contributed by atoms with van der Waals surface area (Å²) in [6, 6.07) is 9.42. The summed E-state index contributed by atoms with van der Waals surface area (Å²) in [5.74, 6) is -0.123. The third-order valence-electron chi connectivity index (χ3n) is 3.51. The van der Waals surface area contributed by atoms with Crippen molar-refractivity contribution in [3.05, 3.63) is 53.3 Å². The lowest BCUT2D eigenvalue weighted by Crippen LogP contribution is -2.35. The zero-order valence-corrected chi connectivity index (χ0v) is 14.2. The summed E-state index contributed by atoms with van der Waals surface area (Å²) < 4.78 is 1.67. The summed E-state index contributed by atoms with van der Waals surface area (Å²) in [6.45, 7) is 0.349. The van der Waals surface area contributed by atoms with E-state index in [1.165, 1.54) is 11.3 Å². The van der Waals surface area contributed by atoms with Gasteiger partial charge in [0.25, 0.3) is 0 Å². The van der Waals surface area contributed by atoms with Gasteiger partial charge in [0.2, 0.25) is 5.91 Å². The Morgan fingerprint density at radius 3 is 2.75 bits per heavy atom. The van der Waals surface area contributed by atoms with E-state index >= 15 is 0 Å². The predicted octanol–water partition coefficient (Wildman–Crippen LogP) is 1.52. The van der Waals surface area contributed by atoms with Crippen molar-refractivity contribution in [2.75, 3.05) is 7.05 Å². The second kappa shape index (κ2) is 7.33. The van der Waals surface area contributed by atoms with E-state index in [-0.39, 0.29) is 5.91 Å². The van der Waals surface area contributed by atoms with E-state index in [1.54, 1.807) is 17.9 Å². The van der Waals surface area contributed by atoms with Crippen LogP contribution in [0.25, 0.3) is 10.6 Å². The summed E-state index contributed by atoms with van der Waals surface area (Å²) >= 11 is 1.47. The number of likely N-dealkylation sites (N-methyl/N-ethyl adjacent to an activating group) is 1. The molecular weight excluding hydrogens is 324 g/mol. The molecule has 7 nitrogen and oxygen atoms in total. The SMILES string of the molecule is CNC(C(=O)NCc1nnc(-c2ccccc2)s1)c1cnn(C)c1. The molecule has 0 spiro atoms. The lowest BCUT2D eigenvalue weighted by atomic mass is 10.1. The highest BCUT2D eigenvalue weighted by Gasteiger charge is 2.20. The van der Waals surface area contributed by atoms with E-state index in [2.05, 4.69) is 25.9 Å². The molecule has 124 valence electrons. The van der Waals surface area contributed by atoms with Crippen molar-refractivity contribution >= 4 is 17.2 Å². The Bertz CT molecular complexity index is 813. The summed E-state index contributed by atoms with van der Waals surface area (Å²) in [5, 5.41) is 19.9. The van der Waals surface area contributed by atoms with Gasteiger partial charge in [-0.3, -0.25) is 9.48 Å². The topological polar surface area (TPSA) is 84.7 Å². The van der Waals surface area contributed by atoms with Crippen LogP contribution in [0.3, 0.4) is 0 Å². The van der Waals surface area contributed by atoms with Crippen LogP contribution in [0.4, 0.5) is 0 Å². The van der Waals surface area contributed by atoms with Crippen LogP contribution in [0.15, 0.2) is 42.7 Å². The van der Waals surface area contributed by atoms with Crippen molar-refractivity contribution in [2.45, 2.75) is 12.6 Å². The fourth-order valence-electron chi connectivity index (χ4n) is 2.33. The molecule has 2 aromatic heterocycles. The maximum absolute atomic E-state index is 12.4. The Morgan fingerprint density at radius 1 is 1.29 bits per heavy atom. The number of aryl methyl sites for hydroxylation is 1. The Kier molecular flexibility index (Phi) is 4.97. The van der Waals surface area contributed by atoms with Gasteiger partial charge in [-0.2, -0.15) is 5.10 Å². The van der Waals surface area contributed by atoms with Crippen LogP contribution in [0.5, 0.6) is 0 Å². The van der Waals surface area contributed by atoms with Gasteiger partial charge in [0, 0.05) is 24.4 Å². The highest BCUT2D eigenvalue weighted by atomic mass is 32.1. The minimum absolute atomic E-state index is 0.123. The van der Waals surface area contributed by atoms with Crippen molar-refractivity contribution in [1.82, 2.24) is 30.6 Å². The molecule has 0 radical (unpaired) electrons. The first-order valence-electron chi connectivity index (χ1n) is 7.48. The monoisotopic (exact) mass is 342 g/mol. The molecule has 1 aromatic carbocycles. The zero-order valence-electron chi connectivity index (χ0n) is 13.4. The molecule has 3 aromatic rings. The Balaban J connectivity index is 1.63. The number of hydrogen-bond donors (Lipinski definition) is 2. The van der Waals surface area contributed by atoms with Crippen molar-refractivity contribution in [3.8, 4) is 10.6 Å². The molecule has 2 N–H and O–H groups in total. The average molecular weight is 342 g/mol.